The first-order chi connectivity index (χ1) is 12.5. The van der Waals surface area contributed by atoms with Crippen molar-refractivity contribution >= 4 is 29.4 Å². The molecule has 0 atom stereocenters. The molecule has 0 amide bonds. The number of aromatic carboxylic acids is 2. The van der Waals surface area contributed by atoms with Gasteiger partial charge in [0.25, 0.3) is 0 Å². The van der Waals surface area contributed by atoms with Gasteiger partial charge < -0.3 is 21.3 Å². The first-order valence-electron chi connectivity index (χ1n) is 7.52. The molecule has 3 aromatic rings. The van der Waals surface area contributed by atoms with E-state index in [2.05, 4.69) is 15.3 Å². The number of para-hydroxylation sites is 1. The summed E-state index contributed by atoms with van der Waals surface area (Å²) in [5.41, 5.74) is 7.21. The van der Waals surface area contributed by atoms with Crippen molar-refractivity contribution in [3.63, 3.8) is 0 Å². The number of benzene rings is 2. The van der Waals surface area contributed by atoms with Crippen molar-refractivity contribution < 1.29 is 19.8 Å². The van der Waals surface area contributed by atoms with Crippen LogP contribution in [0.3, 0.4) is 0 Å². The lowest BCUT2D eigenvalue weighted by atomic mass is 10.0. The molecule has 26 heavy (non-hydrogen) atoms. The van der Waals surface area contributed by atoms with Crippen LogP contribution in [0.2, 0.25) is 0 Å². The fourth-order valence-electron chi connectivity index (χ4n) is 2.47. The maximum absolute atomic E-state index is 11.4. The highest BCUT2D eigenvalue weighted by Crippen LogP contribution is 2.28. The number of anilines is 3. The zero-order chi connectivity index (χ0) is 18.7. The smallest absolute Gasteiger partial charge is 0.337 e. The fourth-order valence-corrected chi connectivity index (χ4v) is 2.47. The first-order valence-corrected chi connectivity index (χ1v) is 7.52. The maximum Gasteiger partial charge on any atom is 0.337 e. The summed E-state index contributed by atoms with van der Waals surface area (Å²) >= 11 is 0. The molecule has 0 aliphatic rings. The SMILES string of the molecule is Nc1nc(Nc2ccccc2C(=O)O)ncc1-c1ccccc1C(=O)O. The lowest BCUT2D eigenvalue weighted by Crippen LogP contribution is -2.07. The molecular formula is C18H14N4O4. The third-order valence-electron chi connectivity index (χ3n) is 3.67. The number of hydrogen-bond donors (Lipinski definition) is 4. The van der Waals surface area contributed by atoms with E-state index in [-0.39, 0.29) is 22.9 Å². The first kappa shape index (κ1) is 16.9. The number of nitrogens with two attached hydrogens (primary N) is 1. The molecule has 8 heteroatoms. The quantitative estimate of drug-likeness (QED) is 0.551. The molecule has 3 rings (SSSR count). The highest BCUT2D eigenvalue weighted by Gasteiger charge is 2.16. The number of rotatable bonds is 5. The van der Waals surface area contributed by atoms with Crippen LogP contribution in [0.4, 0.5) is 17.5 Å². The summed E-state index contributed by atoms with van der Waals surface area (Å²) in [7, 11) is 0. The third kappa shape index (κ3) is 3.29. The molecule has 0 bridgehead atoms. The van der Waals surface area contributed by atoms with E-state index in [1.807, 2.05) is 0 Å². The number of carboxylic acid groups (broad SMARTS) is 2. The van der Waals surface area contributed by atoms with Crippen molar-refractivity contribution in [2.24, 2.45) is 0 Å². The molecule has 0 radical (unpaired) electrons. The zero-order valence-electron chi connectivity index (χ0n) is 13.4. The highest BCUT2D eigenvalue weighted by atomic mass is 16.4. The second-order valence-electron chi connectivity index (χ2n) is 5.32. The summed E-state index contributed by atoms with van der Waals surface area (Å²) in [6, 6.07) is 12.7. The number of hydrogen-bond acceptors (Lipinski definition) is 6. The summed E-state index contributed by atoms with van der Waals surface area (Å²) in [4.78, 5) is 30.9. The van der Waals surface area contributed by atoms with E-state index in [4.69, 9.17) is 5.73 Å². The Kier molecular flexibility index (Phi) is 4.48. The van der Waals surface area contributed by atoms with Crippen LogP contribution in [-0.2, 0) is 0 Å². The molecule has 0 saturated carbocycles. The number of nitrogen functional groups attached to an aromatic ring is 1. The van der Waals surface area contributed by atoms with E-state index in [9.17, 15) is 19.8 Å². The Morgan fingerprint density at radius 1 is 0.885 bits per heavy atom. The standard InChI is InChI=1S/C18H14N4O4/c19-15-13(10-5-1-2-6-11(10)16(23)24)9-20-18(22-15)21-14-8-4-3-7-12(14)17(25)26/h1-9H,(H,23,24)(H,25,26)(H3,19,20,21,22). The van der Waals surface area contributed by atoms with Gasteiger partial charge in [-0.15, -0.1) is 0 Å². The van der Waals surface area contributed by atoms with E-state index in [1.54, 1.807) is 36.4 Å². The fraction of sp³-hybridized carbons (Fsp3) is 0. The van der Waals surface area contributed by atoms with Gasteiger partial charge in [0.15, 0.2) is 0 Å². The van der Waals surface area contributed by atoms with Gasteiger partial charge in [0.05, 0.1) is 16.8 Å². The molecule has 0 aliphatic carbocycles. The van der Waals surface area contributed by atoms with Crippen LogP contribution in [0.5, 0.6) is 0 Å². The van der Waals surface area contributed by atoms with Gasteiger partial charge in [-0.3, -0.25) is 0 Å². The van der Waals surface area contributed by atoms with Crippen LogP contribution in [0.15, 0.2) is 54.7 Å². The van der Waals surface area contributed by atoms with Gasteiger partial charge in [-0.05, 0) is 18.2 Å². The van der Waals surface area contributed by atoms with Gasteiger partial charge in [0, 0.05) is 17.3 Å². The number of nitrogens with one attached hydrogen (secondary N) is 1. The van der Waals surface area contributed by atoms with Crippen molar-refractivity contribution in [3.05, 3.63) is 65.9 Å². The number of carboxylic acids is 2. The number of carbonyl (C=O) groups is 2. The molecule has 0 fully saturated rings. The number of nitrogens with zero attached hydrogens (tertiary/aromatic N) is 2. The molecule has 5 N–H and O–H groups in total. The molecule has 1 heterocycles. The van der Waals surface area contributed by atoms with Crippen molar-refractivity contribution in [2.75, 3.05) is 11.1 Å². The van der Waals surface area contributed by atoms with Crippen molar-refractivity contribution in [1.29, 1.82) is 0 Å². The molecule has 2 aromatic carbocycles. The predicted octanol–water partition coefficient (Wildman–Crippen LogP) is 2.87. The predicted molar refractivity (Wildman–Crippen MR) is 95.5 cm³/mol. The summed E-state index contributed by atoms with van der Waals surface area (Å²) < 4.78 is 0. The summed E-state index contributed by atoms with van der Waals surface area (Å²) in [6.07, 6.45) is 1.40. The molecule has 0 spiro atoms. The van der Waals surface area contributed by atoms with Gasteiger partial charge in [-0.25, -0.2) is 14.6 Å². The van der Waals surface area contributed by atoms with E-state index >= 15 is 0 Å². The van der Waals surface area contributed by atoms with E-state index in [1.165, 1.54) is 18.3 Å². The molecular weight excluding hydrogens is 336 g/mol. The zero-order valence-corrected chi connectivity index (χ0v) is 13.4. The Balaban J connectivity index is 1.97. The lowest BCUT2D eigenvalue weighted by Gasteiger charge is -2.11. The van der Waals surface area contributed by atoms with Crippen LogP contribution in [0.1, 0.15) is 20.7 Å². The third-order valence-corrected chi connectivity index (χ3v) is 3.67. The Morgan fingerprint density at radius 3 is 2.15 bits per heavy atom. The Labute approximate surface area is 148 Å². The monoisotopic (exact) mass is 350 g/mol. The average Bonchev–Trinajstić information content (AvgIpc) is 2.62. The van der Waals surface area contributed by atoms with Crippen LogP contribution in [0, 0.1) is 0 Å². The molecule has 0 saturated heterocycles. The topological polar surface area (TPSA) is 138 Å². The summed E-state index contributed by atoms with van der Waals surface area (Å²) in [6.45, 7) is 0. The largest absolute Gasteiger partial charge is 0.478 e. The van der Waals surface area contributed by atoms with Crippen molar-refractivity contribution in [1.82, 2.24) is 9.97 Å². The van der Waals surface area contributed by atoms with E-state index in [0.717, 1.165) is 0 Å². The minimum absolute atomic E-state index is 0.0648. The van der Waals surface area contributed by atoms with Gasteiger partial charge in [-0.1, -0.05) is 30.3 Å². The van der Waals surface area contributed by atoms with Crippen LogP contribution in [0.25, 0.3) is 11.1 Å². The van der Waals surface area contributed by atoms with E-state index < -0.39 is 11.9 Å². The van der Waals surface area contributed by atoms with Gasteiger partial charge >= 0.3 is 11.9 Å². The summed E-state index contributed by atoms with van der Waals surface area (Å²) in [5.74, 6) is -2.00. The Bertz CT molecular complexity index is 1000. The van der Waals surface area contributed by atoms with E-state index in [0.29, 0.717) is 16.8 Å². The molecule has 0 aliphatic heterocycles. The maximum atomic E-state index is 11.4. The molecule has 0 unspecified atom stereocenters. The van der Waals surface area contributed by atoms with Crippen molar-refractivity contribution in [3.8, 4) is 11.1 Å². The minimum atomic E-state index is -1.09. The van der Waals surface area contributed by atoms with Crippen LogP contribution >= 0.6 is 0 Å². The van der Waals surface area contributed by atoms with Gasteiger partial charge in [-0.2, -0.15) is 4.98 Å². The van der Waals surface area contributed by atoms with Gasteiger partial charge in [0.2, 0.25) is 5.95 Å². The second kappa shape index (κ2) is 6.89. The van der Waals surface area contributed by atoms with Crippen LogP contribution < -0.4 is 11.1 Å². The van der Waals surface area contributed by atoms with Crippen molar-refractivity contribution in [2.45, 2.75) is 0 Å². The minimum Gasteiger partial charge on any atom is -0.478 e. The molecule has 130 valence electrons. The Morgan fingerprint density at radius 2 is 1.50 bits per heavy atom. The Hall–Kier alpha value is -3.94. The number of aromatic nitrogens is 2. The lowest BCUT2D eigenvalue weighted by molar-refractivity contribution is 0.0687. The summed E-state index contributed by atoms with van der Waals surface area (Å²) in [5, 5.41) is 21.3. The van der Waals surface area contributed by atoms with Crippen LogP contribution in [-0.4, -0.2) is 32.1 Å². The molecule has 1 aromatic heterocycles. The second-order valence-corrected chi connectivity index (χ2v) is 5.32. The molecule has 8 nitrogen and oxygen atoms in total. The normalized spacial score (nSPS) is 10.3. The van der Waals surface area contributed by atoms with Gasteiger partial charge in [0.1, 0.15) is 5.82 Å². The highest BCUT2D eigenvalue weighted by molar-refractivity contribution is 5.97. The average molecular weight is 350 g/mol.